The molecule has 0 aliphatic carbocycles. The van der Waals surface area contributed by atoms with Crippen LogP contribution in [0.1, 0.15) is 55.3 Å². The largest absolute Gasteiger partial charge is 0.472 e. The Morgan fingerprint density at radius 1 is 0.382 bits per heavy atom. The number of aliphatic hydroxyl groups excluding tert-OH is 6. The number of aryl methyl sites for hydroxylation is 1. The zero-order valence-corrected chi connectivity index (χ0v) is 74.0. The van der Waals surface area contributed by atoms with E-state index in [9.17, 15) is 102 Å². The number of aromatic amines is 3. The maximum absolute atomic E-state index is 13.2. The van der Waals surface area contributed by atoms with Crippen LogP contribution in [0.3, 0.4) is 0 Å². The number of hydrogen-bond acceptors (Lipinski definition) is 51. The maximum Gasteiger partial charge on any atom is 0.472 e. The van der Waals surface area contributed by atoms with Gasteiger partial charge in [0.1, 0.15) is 127 Å². The molecule has 0 aromatic carbocycles. The van der Waals surface area contributed by atoms with Crippen LogP contribution in [0.4, 0.5) is 29.4 Å². The molecule has 66 nitrogen and oxygen atoms in total. The van der Waals surface area contributed by atoms with Crippen LogP contribution in [0, 0.1) is 0 Å². The molecule has 30 atom stereocenters. The minimum atomic E-state index is -5.12. The molecule has 0 radical (unpaired) electrons. The zero-order chi connectivity index (χ0) is 96.2. The molecular formula is C64H77N27O39P6. The number of pyridine rings is 2. The number of nitrogens with two attached hydrogens (primary N) is 5. The number of aromatic nitrogens is 22. The van der Waals surface area contributed by atoms with Gasteiger partial charge in [-0.15, -0.1) is 5.10 Å². The monoisotopic (exact) mass is 2030 g/mol. The summed E-state index contributed by atoms with van der Waals surface area (Å²) < 4.78 is 184. The number of nitrogens with zero attached hydrogens (tertiary/aromatic N) is 19. The van der Waals surface area contributed by atoms with E-state index in [4.69, 9.17) is 111 Å². The fourth-order valence-corrected chi connectivity index (χ4v) is 22.0. The van der Waals surface area contributed by atoms with Gasteiger partial charge in [0.15, 0.2) is 87.1 Å². The highest BCUT2D eigenvalue weighted by Gasteiger charge is 2.59. The third-order valence-electron chi connectivity index (χ3n) is 22.6. The number of phosphoric acid groups is 6. The molecule has 25 N–H and O–H groups in total. The van der Waals surface area contributed by atoms with Gasteiger partial charge in [0, 0.05) is 24.2 Å². The Labute approximate surface area is 751 Å². The van der Waals surface area contributed by atoms with Gasteiger partial charge in [-0.2, -0.15) is 29.2 Å². The molecular weight excluding hydrogens is 1960 g/mol. The van der Waals surface area contributed by atoms with Crippen molar-refractivity contribution < 1.29 is 170 Å². The Bertz CT molecular complexity index is 6850. The Balaban J connectivity index is 0.000000131. The third-order valence-corrected chi connectivity index (χ3v) is 28.5. The summed E-state index contributed by atoms with van der Waals surface area (Å²) in [5.41, 5.74) is 28.5. The Morgan fingerprint density at radius 2 is 0.728 bits per heavy atom. The number of anilines is 5. The lowest BCUT2D eigenvalue weighted by Gasteiger charge is -2.26. The maximum atomic E-state index is 13.2. The minimum absolute atomic E-state index is 0.0902. The Hall–Kier alpha value is -9.98. The molecule has 12 aromatic rings. The van der Waals surface area contributed by atoms with E-state index in [1.165, 1.54) is 46.1 Å². The van der Waals surface area contributed by atoms with E-state index in [0.29, 0.717) is 17.6 Å². The first kappa shape index (κ1) is 95.0. The second-order valence-electron chi connectivity index (χ2n) is 31.2. The highest BCUT2D eigenvalue weighted by molar-refractivity contribution is 7.48. The summed E-state index contributed by atoms with van der Waals surface area (Å²) in [5, 5.41) is 78.4. The first-order valence-corrected chi connectivity index (χ1v) is 48.9. The second-order valence-corrected chi connectivity index (χ2v) is 39.6. The zero-order valence-electron chi connectivity index (χ0n) is 68.6. The quantitative estimate of drug-likeness (QED) is 0.0665. The lowest BCUT2D eigenvalue weighted by atomic mass is 10.0. The van der Waals surface area contributed by atoms with E-state index >= 15 is 0 Å². The summed E-state index contributed by atoms with van der Waals surface area (Å²) in [5.74, 6) is -0.619. The number of hydrogen-bond donors (Lipinski definition) is 20. The molecule has 0 spiro atoms. The van der Waals surface area contributed by atoms with Gasteiger partial charge in [0.25, 0.3) is 16.7 Å². The van der Waals surface area contributed by atoms with Crippen LogP contribution in [0.5, 0.6) is 0 Å². The van der Waals surface area contributed by atoms with Crippen LogP contribution in [-0.2, 0) is 117 Å². The van der Waals surface area contributed by atoms with Crippen molar-refractivity contribution in [3.05, 3.63) is 110 Å². The molecule has 72 heteroatoms. The average molecular weight is 2030 g/mol. The number of ether oxygens (including phenoxy) is 6. The van der Waals surface area contributed by atoms with Crippen LogP contribution >= 0.6 is 46.9 Å². The summed E-state index contributed by atoms with van der Waals surface area (Å²) in [6.07, 6.45) is -26.8. The van der Waals surface area contributed by atoms with Crippen LogP contribution in [-0.4, -0.2) is 317 Å². The van der Waals surface area contributed by atoms with Gasteiger partial charge < -0.3 is 117 Å². The average Bonchev–Trinajstić information content (AvgIpc) is 1.63. The number of nitrogen functional groups attached to an aromatic ring is 5. The minimum Gasteiger partial charge on any atom is -0.397 e. The van der Waals surface area contributed by atoms with E-state index < -0.39 is 250 Å². The highest BCUT2D eigenvalue weighted by atomic mass is 31.2. The van der Waals surface area contributed by atoms with Crippen LogP contribution in [0.2, 0.25) is 0 Å². The highest BCUT2D eigenvalue weighted by Crippen LogP contribution is 2.59. The van der Waals surface area contributed by atoms with Gasteiger partial charge in [-0.3, -0.25) is 102 Å². The summed E-state index contributed by atoms with van der Waals surface area (Å²) in [6.45, 7) is -2.96. The van der Waals surface area contributed by atoms with Gasteiger partial charge in [-0.05, 0) is 30.2 Å². The number of phosphoric ester groups is 6. The number of imidazole rings is 4. The third kappa shape index (κ3) is 18.1. The summed E-state index contributed by atoms with van der Waals surface area (Å²) in [7, 11) is -30.5. The molecule has 9 saturated heterocycles. The van der Waals surface area contributed by atoms with Crippen molar-refractivity contribution in [2.45, 2.75) is 160 Å². The summed E-state index contributed by atoms with van der Waals surface area (Å²) in [6, 6.07) is 4.74. The molecule has 6 unspecified atom stereocenters. The normalized spacial score (nSPS) is 37.5. The van der Waals surface area contributed by atoms with E-state index in [-0.39, 0.29) is 85.2 Å². The molecule has 732 valence electrons. The van der Waals surface area contributed by atoms with Crippen molar-refractivity contribution in [2.24, 2.45) is 0 Å². The smallest absolute Gasteiger partial charge is 0.397 e. The predicted octanol–water partition coefficient (Wildman–Crippen LogP) is -4.99. The van der Waals surface area contributed by atoms with Gasteiger partial charge in [0.05, 0.1) is 76.8 Å². The molecule has 9 fully saturated rings. The van der Waals surface area contributed by atoms with E-state index in [2.05, 4.69) is 80.2 Å². The van der Waals surface area contributed by atoms with E-state index in [0.717, 1.165) is 42.9 Å². The lowest BCUT2D eigenvalue weighted by molar-refractivity contribution is -0.0691. The summed E-state index contributed by atoms with van der Waals surface area (Å²) >= 11 is 0. The Kier molecular flexibility index (Phi) is 25.2. The molecule has 0 amide bonds. The van der Waals surface area contributed by atoms with Crippen molar-refractivity contribution in [2.75, 3.05) is 68.3 Å². The topological polar surface area (TPSA) is 937 Å². The van der Waals surface area contributed by atoms with Crippen molar-refractivity contribution in [3.63, 3.8) is 0 Å². The number of rotatable bonds is 7. The number of fused-ring (bicyclic) bond motifs is 15. The summed E-state index contributed by atoms with van der Waals surface area (Å²) in [4.78, 5) is 148. The molecule has 21 heterocycles. The van der Waals surface area contributed by atoms with Crippen LogP contribution < -0.4 is 45.3 Å². The molecule has 9 aliphatic rings. The molecule has 9 aliphatic heterocycles. The number of aliphatic hydroxyl groups is 6. The van der Waals surface area contributed by atoms with Gasteiger partial charge in [0.2, 0.25) is 17.8 Å². The van der Waals surface area contributed by atoms with Gasteiger partial charge >= 0.3 is 46.9 Å². The van der Waals surface area contributed by atoms with Gasteiger partial charge in [-0.1, -0.05) is 12.1 Å². The Morgan fingerprint density at radius 3 is 1.16 bits per heavy atom. The standard InChI is InChI=1S/C23H28N8O13P2.C21H25N9O13P2.C20H24N10O13P2/c1-2-9-3-4-25-18-12(9)26-7-30(18)21-15(33)16-11(42-21)6-40-46(37,38)44-17-14(32)10(5-39-45(35,36)43-16)41-22(17)31-8-27-13-19(31)28-23(24)29-20(13)34;22-10-1-2-24-17-7(3-26-30(10)17)14-13(32)15-9(40-14)5-39-45(36,37)43-16-12(31)8(4-38-44(34,35)42-15)41-20(16)29-6-25-11-18(29)27-21(23)28-19(11)33;21-6-1-2-23-15-9(6)27-28-30(15)18-12(32)13-8(41-18)4-39-45(36,37)43-14-11(31)7(3-38-44(34,35)42-13)40-19(14)29-5-24-10-16(29)25-20(22)26-17(10)33/h3-4,7-8,10-11,14-17,21-22,32-33H,2,5-6H2,1H3,(H,35,36)(H,37,38)(H3,24,28,29,34);1-3,6,8-9,12-16,20,31-32H,4-5,22H2,(H,34,35)(H,36,37)(H3,23,27,28,33);1-2,5,7-8,11-14,18-19,31-32H,3-4H2,(H2,21,23)(H,34,35)(H,36,37)(H3,22,25,26,33)/t10-,11-,14-,15-,16-,17-,21-,22-;8-,9-,12-,13+,14+,15-,16-,20-;7-,8-,11-,12-,13-,14-,18-,19-/m111/s1. The SMILES string of the molecule is CCc1ccnc2c1ncn2[C@@H]1O[C@@H]2COP(=O)(O)O[C@@H]3[C@H](O)[C@@H](COP(=O)(O)O[C@H]2[C@H]1O)O[C@H]3n1cnc2c(=O)[nH]c(N)nc21.Nc1nc2c(ncn2[C@@H]2O[C@@H]3COP(=O)(O)O[C@H]4[C@@H](O)[C@H](c5cnn6c(N)ccnc56)O[C@@H]4COP(=O)(O)O[C@@H]2[C@@H]3O)c(=O)[nH]1.Nc1nc2c(ncn2[C@@H]2O[C@@H]3COP(=O)(O)O[C@H]4[C@@H](O)[C@H](n5nnc6c(N)ccnc65)O[C@@H]4COP(=O)(O)O[C@@H]2[C@@H]3O)c(=O)[nH]1. The number of nitrogens with one attached hydrogen (secondary N) is 3. The fraction of sp³-hybridized carbons (Fsp3) is 0.500. The van der Waals surface area contributed by atoms with Crippen LogP contribution in [0.15, 0.2) is 82.7 Å². The molecule has 6 bridgehead atoms. The number of H-pyrrole nitrogens is 3. The van der Waals surface area contributed by atoms with Crippen molar-refractivity contribution in [3.8, 4) is 0 Å². The van der Waals surface area contributed by atoms with Gasteiger partial charge in [-0.25, -0.2) is 62.3 Å². The van der Waals surface area contributed by atoms with Crippen molar-refractivity contribution in [1.29, 1.82) is 0 Å². The molecule has 136 heavy (non-hydrogen) atoms. The first-order valence-electron chi connectivity index (χ1n) is 40.0. The van der Waals surface area contributed by atoms with Crippen molar-refractivity contribution >= 4 is 138 Å². The second kappa shape index (κ2) is 36.0. The van der Waals surface area contributed by atoms with E-state index in [1.807, 2.05) is 6.92 Å². The van der Waals surface area contributed by atoms with E-state index in [1.54, 1.807) is 12.3 Å². The lowest BCUT2D eigenvalue weighted by Crippen LogP contribution is -2.36. The van der Waals surface area contributed by atoms with Crippen molar-refractivity contribution in [1.82, 2.24) is 108 Å². The first-order chi connectivity index (χ1) is 64.5. The van der Waals surface area contributed by atoms with Crippen LogP contribution in [0.25, 0.3) is 61.5 Å². The molecule has 21 rings (SSSR count). The molecule has 0 saturated carbocycles. The molecule has 12 aromatic heterocycles. The fourth-order valence-electron chi connectivity index (χ4n) is 16.4. The predicted molar refractivity (Wildman–Crippen MR) is 439 cm³/mol.